The van der Waals surface area contributed by atoms with Gasteiger partial charge in [0.15, 0.2) is 18.2 Å². The standard InChI is InChI=1S/C6H3F7/c7-1-2(8)4(10)6(12,13)5(11)3(1)9/h1-2,4H. The summed E-state index contributed by atoms with van der Waals surface area (Å²) in [7, 11) is 0. The normalized spacial score (nSPS) is 39.5. The molecule has 0 fully saturated rings. The van der Waals surface area contributed by atoms with Crippen LogP contribution in [0.2, 0.25) is 0 Å². The number of alkyl halides is 5. The monoisotopic (exact) mass is 208 g/mol. The van der Waals surface area contributed by atoms with Crippen molar-refractivity contribution in [1.82, 2.24) is 0 Å². The van der Waals surface area contributed by atoms with Gasteiger partial charge in [-0.25, -0.2) is 22.0 Å². The van der Waals surface area contributed by atoms with E-state index in [0.717, 1.165) is 0 Å². The molecule has 0 aromatic heterocycles. The maximum Gasteiger partial charge on any atom is 0.334 e. The summed E-state index contributed by atoms with van der Waals surface area (Å²) < 4.78 is 85.3. The van der Waals surface area contributed by atoms with E-state index in [1.54, 1.807) is 0 Å². The Morgan fingerprint density at radius 2 is 1.46 bits per heavy atom. The maximum absolute atomic E-state index is 12.2. The second-order valence-corrected chi connectivity index (χ2v) is 2.53. The molecule has 7 heteroatoms. The molecule has 0 N–H and O–H groups in total. The molecular weight excluding hydrogens is 205 g/mol. The molecule has 0 spiro atoms. The van der Waals surface area contributed by atoms with Crippen molar-refractivity contribution < 1.29 is 30.7 Å². The molecule has 1 aliphatic rings. The van der Waals surface area contributed by atoms with Gasteiger partial charge in [-0.05, 0) is 0 Å². The third kappa shape index (κ3) is 1.30. The Kier molecular flexibility index (Phi) is 2.29. The van der Waals surface area contributed by atoms with Gasteiger partial charge in [0.25, 0.3) is 0 Å². The topological polar surface area (TPSA) is 0 Å². The molecule has 0 nitrogen and oxygen atoms in total. The number of hydrogen-bond donors (Lipinski definition) is 0. The van der Waals surface area contributed by atoms with Crippen molar-refractivity contribution in [1.29, 1.82) is 0 Å². The molecule has 1 aliphatic carbocycles. The van der Waals surface area contributed by atoms with Crippen molar-refractivity contribution in [3.8, 4) is 0 Å². The van der Waals surface area contributed by atoms with Gasteiger partial charge in [-0.2, -0.15) is 8.78 Å². The highest BCUT2D eigenvalue weighted by Gasteiger charge is 2.59. The van der Waals surface area contributed by atoms with Crippen molar-refractivity contribution in [3.63, 3.8) is 0 Å². The van der Waals surface area contributed by atoms with Gasteiger partial charge in [0, 0.05) is 0 Å². The number of halogens is 7. The lowest BCUT2D eigenvalue weighted by Crippen LogP contribution is -2.47. The summed E-state index contributed by atoms with van der Waals surface area (Å²) in [5.74, 6) is -10.4. The first-order valence-corrected chi connectivity index (χ1v) is 3.15. The molecular formula is C6H3F7. The molecule has 0 radical (unpaired) electrons. The lowest BCUT2D eigenvalue weighted by atomic mass is 9.96. The molecule has 0 aromatic rings. The van der Waals surface area contributed by atoms with E-state index < -0.39 is 36.1 Å². The fourth-order valence-corrected chi connectivity index (χ4v) is 0.889. The van der Waals surface area contributed by atoms with E-state index in [-0.39, 0.29) is 0 Å². The summed E-state index contributed by atoms with van der Waals surface area (Å²) in [4.78, 5) is 0. The third-order valence-corrected chi connectivity index (χ3v) is 1.65. The Labute approximate surface area is 68.0 Å². The van der Waals surface area contributed by atoms with Gasteiger partial charge in [-0.15, -0.1) is 0 Å². The minimum absolute atomic E-state index is 2.58. The van der Waals surface area contributed by atoms with Crippen LogP contribution < -0.4 is 0 Å². The minimum Gasteiger partial charge on any atom is -0.240 e. The van der Waals surface area contributed by atoms with Gasteiger partial charge in [0.05, 0.1) is 0 Å². The van der Waals surface area contributed by atoms with Crippen LogP contribution in [-0.2, 0) is 0 Å². The zero-order valence-electron chi connectivity index (χ0n) is 5.88. The Morgan fingerprint density at radius 1 is 1.00 bits per heavy atom. The van der Waals surface area contributed by atoms with Crippen LogP contribution in [0.15, 0.2) is 11.7 Å². The quantitative estimate of drug-likeness (QED) is 0.537. The van der Waals surface area contributed by atoms with Crippen LogP contribution in [0.1, 0.15) is 0 Å². The second-order valence-electron chi connectivity index (χ2n) is 2.53. The number of hydrogen-bond acceptors (Lipinski definition) is 0. The average Bonchev–Trinajstić information content (AvgIpc) is 2.09. The first kappa shape index (κ1) is 10.3. The number of allylic oxidation sites excluding steroid dienone is 2. The SMILES string of the molecule is FC1=C(F)C(F)(F)C(F)C(F)C1F. The van der Waals surface area contributed by atoms with Gasteiger partial charge in [-0.1, -0.05) is 0 Å². The highest BCUT2D eigenvalue weighted by atomic mass is 19.3. The second kappa shape index (κ2) is 2.88. The molecule has 0 saturated heterocycles. The summed E-state index contributed by atoms with van der Waals surface area (Å²) in [6.45, 7) is 0. The molecule has 13 heavy (non-hydrogen) atoms. The van der Waals surface area contributed by atoms with Crippen LogP contribution in [0.3, 0.4) is 0 Å². The summed E-state index contributed by atoms with van der Waals surface area (Å²) >= 11 is 0. The van der Waals surface area contributed by atoms with E-state index in [2.05, 4.69) is 0 Å². The van der Waals surface area contributed by atoms with Gasteiger partial charge >= 0.3 is 5.92 Å². The predicted molar refractivity (Wildman–Crippen MR) is 28.9 cm³/mol. The first-order valence-electron chi connectivity index (χ1n) is 3.15. The molecule has 0 aromatic carbocycles. The van der Waals surface area contributed by atoms with Crippen LogP contribution in [0.25, 0.3) is 0 Å². The van der Waals surface area contributed by atoms with Crippen LogP contribution in [0.5, 0.6) is 0 Å². The molecule has 76 valence electrons. The van der Waals surface area contributed by atoms with E-state index in [9.17, 15) is 30.7 Å². The molecule has 3 atom stereocenters. The Morgan fingerprint density at radius 3 is 1.92 bits per heavy atom. The molecule has 1 rings (SSSR count). The van der Waals surface area contributed by atoms with Gasteiger partial charge in [0.2, 0.25) is 12.0 Å². The van der Waals surface area contributed by atoms with Crippen molar-refractivity contribution in [2.24, 2.45) is 0 Å². The van der Waals surface area contributed by atoms with E-state index in [1.807, 2.05) is 0 Å². The molecule has 0 saturated carbocycles. The lowest BCUT2D eigenvalue weighted by molar-refractivity contribution is -0.113. The maximum atomic E-state index is 12.2. The first-order chi connectivity index (χ1) is 5.80. The van der Waals surface area contributed by atoms with Gasteiger partial charge in [0.1, 0.15) is 0 Å². The smallest absolute Gasteiger partial charge is 0.240 e. The van der Waals surface area contributed by atoms with E-state index in [1.165, 1.54) is 0 Å². The molecule has 0 bridgehead atoms. The Bertz CT molecular complexity index is 245. The van der Waals surface area contributed by atoms with Gasteiger partial charge in [-0.3, -0.25) is 0 Å². The summed E-state index contributed by atoms with van der Waals surface area (Å²) in [6.07, 6.45) is -10.4. The Hall–Kier alpha value is -0.750. The largest absolute Gasteiger partial charge is 0.334 e. The van der Waals surface area contributed by atoms with Crippen LogP contribution in [0, 0.1) is 0 Å². The van der Waals surface area contributed by atoms with Gasteiger partial charge < -0.3 is 0 Å². The average molecular weight is 208 g/mol. The lowest BCUT2D eigenvalue weighted by Gasteiger charge is -2.28. The summed E-state index contributed by atoms with van der Waals surface area (Å²) in [5.41, 5.74) is 0. The summed E-state index contributed by atoms with van der Waals surface area (Å²) in [5, 5.41) is 0. The van der Waals surface area contributed by atoms with Crippen molar-refractivity contribution in [2.45, 2.75) is 24.4 Å². The summed E-state index contributed by atoms with van der Waals surface area (Å²) in [6, 6.07) is 0. The van der Waals surface area contributed by atoms with Crippen molar-refractivity contribution in [3.05, 3.63) is 11.7 Å². The fourth-order valence-electron chi connectivity index (χ4n) is 0.889. The van der Waals surface area contributed by atoms with E-state index >= 15 is 0 Å². The third-order valence-electron chi connectivity index (χ3n) is 1.65. The molecule has 3 unspecified atom stereocenters. The highest BCUT2D eigenvalue weighted by Crippen LogP contribution is 2.43. The molecule has 0 heterocycles. The fraction of sp³-hybridized carbons (Fsp3) is 0.667. The molecule has 0 aliphatic heterocycles. The van der Waals surface area contributed by atoms with Crippen LogP contribution >= 0.6 is 0 Å². The van der Waals surface area contributed by atoms with Crippen LogP contribution in [-0.4, -0.2) is 24.4 Å². The van der Waals surface area contributed by atoms with E-state index in [0.29, 0.717) is 0 Å². The predicted octanol–water partition coefficient (Wildman–Crippen LogP) is 2.80. The van der Waals surface area contributed by atoms with Crippen LogP contribution in [0.4, 0.5) is 30.7 Å². The number of rotatable bonds is 0. The highest BCUT2D eigenvalue weighted by molar-refractivity contribution is 5.23. The van der Waals surface area contributed by atoms with Crippen molar-refractivity contribution >= 4 is 0 Å². The molecule has 0 amide bonds. The Balaban J connectivity index is 3.17. The zero-order valence-corrected chi connectivity index (χ0v) is 5.88. The van der Waals surface area contributed by atoms with E-state index in [4.69, 9.17) is 0 Å². The zero-order chi connectivity index (χ0) is 10.4. The van der Waals surface area contributed by atoms with Crippen molar-refractivity contribution in [2.75, 3.05) is 0 Å². The minimum atomic E-state index is -4.92.